The quantitative estimate of drug-likeness (QED) is 0.331. The van der Waals surface area contributed by atoms with Crippen molar-refractivity contribution in [3.63, 3.8) is 0 Å². The van der Waals surface area contributed by atoms with Gasteiger partial charge in [0.05, 0.1) is 20.9 Å². The van der Waals surface area contributed by atoms with Crippen LogP contribution in [0.15, 0.2) is 79.0 Å². The third-order valence-electron chi connectivity index (χ3n) is 4.63. The number of nitrogens with zero attached hydrogens (tertiary/aromatic N) is 3. The molecule has 3 nitrogen and oxygen atoms in total. The number of thiazole rings is 1. The van der Waals surface area contributed by atoms with Gasteiger partial charge in [-0.1, -0.05) is 23.7 Å². The number of halogens is 2. The number of hydrogen-bond donors (Lipinski definition) is 0. The zero-order valence-electron chi connectivity index (χ0n) is 15.2. The van der Waals surface area contributed by atoms with E-state index in [9.17, 15) is 4.39 Å². The van der Waals surface area contributed by atoms with Crippen LogP contribution in [0.3, 0.4) is 0 Å². The van der Waals surface area contributed by atoms with E-state index >= 15 is 0 Å². The molecule has 0 unspecified atom stereocenters. The van der Waals surface area contributed by atoms with Crippen LogP contribution in [0.5, 0.6) is 0 Å². The lowest BCUT2D eigenvalue weighted by molar-refractivity contribution is 0.628. The summed E-state index contributed by atoms with van der Waals surface area (Å²) in [7, 11) is 0. The van der Waals surface area contributed by atoms with Gasteiger partial charge in [-0.2, -0.15) is 0 Å². The Hall–Kier alpha value is -3.02. The summed E-state index contributed by atoms with van der Waals surface area (Å²) in [4.78, 5) is 9.57. The summed E-state index contributed by atoms with van der Waals surface area (Å²) in [6.07, 6.45) is 2.64. The van der Waals surface area contributed by atoms with E-state index in [-0.39, 0.29) is 5.82 Å². The summed E-state index contributed by atoms with van der Waals surface area (Å²) in [5.41, 5.74) is 3.69. The number of rotatable bonds is 4. The Morgan fingerprint density at radius 3 is 2.41 bits per heavy atom. The molecule has 5 aromatic rings. The maximum absolute atomic E-state index is 13.4. The predicted molar refractivity (Wildman–Crippen MR) is 116 cm³/mol. The van der Waals surface area contributed by atoms with E-state index in [1.165, 1.54) is 16.8 Å². The van der Waals surface area contributed by atoms with Gasteiger partial charge < -0.3 is 0 Å². The fourth-order valence-corrected chi connectivity index (χ4v) is 4.37. The van der Waals surface area contributed by atoms with Crippen molar-refractivity contribution in [1.82, 2.24) is 14.5 Å². The van der Waals surface area contributed by atoms with Crippen LogP contribution in [0.4, 0.5) is 4.39 Å². The van der Waals surface area contributed by atoms with Crippen molar-refractivity contribution < 1.29 is 4.39 Å². The first-order valence-corrected chi connectivity index (χ1v) is 10.3. The van der Waals surface area contributed by atoms with Crippen molar-refractivity contribution in [3.05, 3.63) is 101 Å². The second-order valence-corrected chi connectivity index (χ2v) is 8.21. The number of aromatic nitrogens is 3. The van der Waals surface area contributed by atoms with Gasteiger partial charge in [0.1, 0.15) is 11.6 Å². The minimum atomic E-state index is -0.270. The molecule has 2 aromatic heterocycles. The molecule has 5 rings (SSSR count). The van der Waals surface area contributed by atoms with Crippen molar-refractivity contribution in [2.45, 2.75) is 6.42 Å². The van der Waals surface area contributed by atoms with Gasteiger partial charge in [-0.15, -0.1) is 11.3 Å². The van der Waals surface area contributed by atoms with Gasteiger partial charge in [-0.05, 0) is 60.7 Å². The lowest BCUT2D eigenvalue weighted by Gasteiger charge is -2.08. The number of benzene rings is 3. The molecule has 2 heterocycles. The second kappa shape index (κ2) is 7.43. The van der Waals surface area contributed by atoms with Gasteiger partial charge in [0.15, 0.2) is 0 Å². The monoisotopic (exact) mass is 419 g/mol. The summed E-state index contributed by atoms with van der Waals surface area (Å²) < 4.78 is 16.6. The normalized spacial score (nSPS) is 11.2. The Balaban J connectivity index is 1.58. The number of imidazole rings is 1. The van der Waals surface area contributed by atoms with Crippen molar-refractivity contribution in [1.29, 1.82) is 0 Å². The van der Waals surface area contributed by atoms with Crippen LogP contribution < -0.4 is 0 Å². The molecular formula is C23H15ClFN3S. The van der Waals surface area contributed by atoms with Crippen LogP contribution >= 0.6 is 22.9 Å². The maximum Gasteiger partial charge on any atom is 0.144 e. The van der Waals surface area contributed by atoms with Crippen LogP contribution in [-0.4, -0.2) is 14.5 Å². The first kappa shape index (κ1) is 18.0. The molecule has 0 bridgehead atoms. The molecule has 142 valence electrons. The van der Waals surface area contributed by atoms with E-state index in [0.717, 1.165) is 33.3 Å². The largest absolute Gasteiger partial charge is 0.300 e. The topological polar surface area (TPSA) is 30.7 Å². The van der Waals surface area contributed by atoms with Crippen LogP contribution in [0.2, 0.25) is 5.02 Å². The van der Waals surface area contributed by atoms with Crippen molar-refractivity contribution >= 4 is 33.2 Å². The van der Waals surface area contributed by atoms with Gasteiger partial charge in [-0.3, -0.25) is 4.57 Å². The average Bonchev–Trinajstić information content (AvgIpc) is 3.33. The zero-order valence-corrected chi connectivity index (χ0v) is 16.8. The van der Waals surface area contributed by atoms with E-state index in [2.05, 4.69) is 6.07 Å². The summed E-state index contributed by atoms with van der Waals surface area (Å²) in [6.45, 7) is 0. The van der Waals surface area contributed by atoms with Gasteiger partial charge in [0.25, 0.3) is 0 Å². The molecular weight excluding hydrogens is 405 g/mol. The predicted octanol–water partition coefficient (Wildman–Crippen LogP) is 6.53. The Morgan fingerprint density at radius 2 is 1.66 bits per heavy atom. The summed E-state index contributed by atoms with van der Waals surface area (Å²) in [5, 5.41) is 1.68. The maximum atomic E-state index is 13.4. The van der Waals surface area contributed by atoms with E-state index in [1.54, 1.807) is 23.5 Å². The smallest absolute Gasteiger partial charge is 0.144 e. The van der Waals surface area contributed by atoms with Crippen LogP contribution in [-0.2, 0) is 6.42 Å². The first-order valence-electron chi connectivity index (χ1n) is 9.10. The Morgan fingerprint density at radius 1 is 0.897 bits per heavy atom. The SMILES string of the molecule is Fc1ccc(-c2nc(Cc3nc4ccccc4s3)cn2-c2ccc(Cl)cc2)cc1. The highest BCUT2D eigenvalue weighted by atomic mass is 35.5. The third-order valence-corrected chi connectivity index (χ3v) is 5.92. The Kier molecular flexibility index (Phi) is 4.62. The molecule has 0 N–H and O–H groups in total. The molecule has 0 amide bonds. The minimum absolute atomic E-state index is 0.270. The highest BCUT2D eigenvalue weighted by Crippen LogP contribution is 2.27. The molecule has 6 heteroatoms. The zero-order chi connectivity index (χ0) is 19.8. The summed E-state index contributed by atoms with van der Waals surface area (Å²) in [5.74, 6) is 0.483. The Bertz CT molecular complexity index is 1190. The average molecular weight is 420 g/mol. The first-order chi connectivity index (χ1) is 14.2. The standard InChI is InChI=1S/C23H15ClFN3S/c24-16-7-11-19(12-8-16)28-14-18(26-23(28)15-5-9-17(25)10-6-15)13-22-27-20-3-1-2-4-21(20)29-22/h1-12,14H,13H2. The minimum Gasteiger partial charge on any atom is -0.300 e. The number of hydrogen-bond acceptors (Lipinski definition) is 3. The molecule has 0 radical (unpaired) electrons. The van der Waals surface area contributed by atoms with Crippen molar-refractivity contribution in [2.24, 2.45) is 0 Å². The fourth-order valence-electron chi connectivity index (χ4n) is 3.27. The summed E-state index contributed by atoms with van der Waals surface area (Å²) >= 11 is 7.73. The van der Waals surface area contributed by atoms with Gasteiger partial charge in [0, 0.05) is 28.9 Å². The Labute approximate surface area is 176 Å². The molecule has 0 aliphatic heterocycles. The van der Waals surface area contributed by atoms with Gasteiger partial charge in [-0.25, -0.2) is 14.4 Å². The van der Waals surface area contributed by atoms with Crippen LogP contribution in [0.25, 0.3) is 27.3 Å². The van der Waals surface area contributed by atoms with Crippen LogP contribution in [0, 0.1) is 5.82 Å². The molecule has 0 atom stereocenters. The lowest BCUT2D eigenvalue weighted by atomic mass is 10.2. The van der Waals surface area contributed by atoms with Gasteiger partial charge >= 0.3 is 0 Å². The summed E-state index contributed by atoms with van der Waals surface area (Å²) in [6, 6.07) is 22.1. The highest BCUT2D eigenvalue weighted by Gasteiger charge is 2.14. The lowest BCUT2D eigenvalue weighted by Crippen LogP contribution is -1.96. The van der Waals surface area contributed by atoms with Crippen molar-refractivity contribution in [3.8, 4) is 17.1 Å². The molecule has 29 heavy (non-hydrogen) atoms. The van der Waals surface area contributed by atoms with E-state index in [0.29, 0.717) is 11.4 Å². The number of para-hydroxylation sites is 1. The second-order valence-electron chi connectivity index (χ2n) is 6.66. The third kappa shape index (κ3) is 3.67. The van der Waals surface area contributed by atoms with E-state index < -0.39 is 0 Å². The molecule has 0 aliphatic carbocycles. The number of fused-ring (bicyclic) bond motifs is 1. The molecule has 0 saturated carbocycles. The molecule has 3 aromatic carbocycles. The molecule has 0 aliphatic rings. The van der Waals surface area contributed by atoms with Crippen LogP contribution in [0.1, 0.15) is 10.7 Å². The van der Waals surface area contributed by atoms with Gasteiger partial charge in [0.2, 0.25) is 0 Å². The van der Waals surface area contributed by atoms with E-state index in [4.69, 9.17) is 21.6 Å². The van der Waals surface area contributed by atoms with Crippen molar-refractivity contribution in [2.75, 3.05) is 0 Å². The molecule has 0 fully saturated rings. The van der Waals surface area contributed by atoms with E-state index in [1.807, 2.05) is 53.2 Å². The molecule has 0 saturated heterocycles. The fraction of sp³-hybridized carbons (Fsp3) is 0.0435. The molecule has 0 spiro atoms. The highest BCUT2D eigenvalue weighted by molar-refractivity contribution is 7.18.